The molecular weight excluding hydrogens is 266 g/mol. The first kappa shape index (κ1) is 16.3. The van der Waals surface area contributed by atoms with E-state index in [2.05, 4.69) is 53.8 Å². The molecule has 7 atom stereocenters. The van der Waals surface area contributed by atoms with Gasteiger partial charge in [0.25, 0.3) is 0 Å². The lowest BCUT2D eigenvalue weighted by molar-refractivity contribution is -0.0302. The van der Waals surface area contributed by atoms with E-state index in [1.54, 1.807) is 5.57 Å². The SMILES string of the molecule is C[N-][C@]12CC=C(C)[C@@H]3[C@@H]1[C@H](CC[C@@H]2C)[C@@H](C)C[C@H]3C=C(C)C. The first-order valence-corrected chi connectivity index (χ1v) is 9.33. The van der Waals surface area contributed by atoms with Gasteiger partial charge in [-0.3, -0.25) is 0 Å². The highest BCUT2D eigenvalue weighted by atomic mass is 15.0. The van der Waals surface area contributed by atoms with Crippen LogP contribution in [0.5, 0.6) is 0 Å². The van der Waals surface area contributed by atoms with Gasteiger partial charge in [-0.2, -0.15) is 7.05 Å². The van der Waals surface area contributed by atoms with Crippen molar-refractivity contribution in [1.82, 2.24) is 0 Å². The van der Waals surface area contributed by atoms with Crippen LogP contribution in [0.15, 0.2) is 23.3 Å². The number of allylic oxidation sites excluding steroid dienone is 3. The standard InChI is InChI=1S/C21H34N/c1-13(2)11-17-12-15(4)18-8-7-16(5)21(22-6)10-9-14(3)19(17)20(18)21/h9,11,15-20H,7-8,10,12H2,1-6H3/q-1/t15-,16-,17+,18+,19-,20-,21-/m0/s1. The molecule has 0 N–H and O–H groups in total. The Morgan fingerprint density at radius 1 is 1.27 bits per heavy atom. The Morgan fingerprint density at radius 3 is 2.64 bits per heavy atom. The van der Waals surface area contributed by atoms with Crippen LogP contribution < -0.4 is 0 Å². The van der Waals surface area contributed by atoms with Crippen molar-refractivity contribution in [3.63, 3.8) is 0 Å². The van der Waals surface area contributed by atoms with Crippen molar-refractivity contribution in [3.05, 3.63) is 28.6 Å². The highest BCUT2D eigenvalue weighted by Crippen LogP contribution is 2.62. The maximum Gasteiger partial charge on any atom is -0.0123 e. The quantitative estimate of drug-likeness (QED) is 0.557. The van der Waals surface area contributed by atoms with E-state index in [-0.39, 0.29) is 5.54 Å². The highest BCUT2D eigenvalue weighted by Gasteiger charge is 2.53. The molecular formula is C21H34N-. The Hall–Kier alpha value is -0.560. The third-order valence-electron chi connectivity index (χ3n) is 7.29. The fourth-order valence-electron chi connectivity index (χ4n) is 6.28. The van der Waals surface area contributed by atoms with E-state index in [0.717, 1.165) is 35.5 Å². The molecule has 0 amide bonds. The zero-order valence-corrected chi connectivity index (χ0v) is 15.4. The van der Waals surface area contributed by atoms with Crippen LogP contribution in [0.25, 0.3) is 5.32 Å². The fraction of sp³-hybridized carbons (Fsp3) is 0.810. The summed E-state index contributed by atoms with van der Waals surface area (Å²) in [6.45, 7) is 11.9. The molecule has 3 rings (SSSR count). The second kappa shape index (κ2) is 5.82. The molecule has 0 spiro atoms. The van der Waals surface area contributed by atoms with Gasteiger partial charge in [0.05, 0.1) is 0 Å². The highest BCUT2D eigenvalue weighted by molar-refractivity contribution is 5.30. The van der Waals surface area contributed by atoms with Crippen LogP contribution in [0.3, 0.4) is 0 Å². The van der Waals surface area contributed by atoms with Crippen LogP contribution in [0.1, 0.15) is 60.3 Å². The van der Waals surface area contributed by atoms with Crippen LogP contribution in [0, 0.1) is 35.5 Å². The average Bonchev–Trinajstić information content (AvgIpc) is 2.46. The molecule has 1 heteroatoms. The second-order valence-corrected chi connectivity index (χ2v) is 8.68. The molecule has 2 saturated carbocycles. The van der Waals surface area contributed by atoms with Crippen molar-refractivity contribution < 1.29 is 0 Å². The molecule has 0 aromatic rings. The minimum atomic E-state index is 0.218. The van der Waals surface area contributed by atoms with Gasteiger partial charge in [-0.15, -0.1) is 5.54 Å². The smallest absolute Gasteiger partial charge is 0.0123 e. The van der Waals surface area contributed by atoms with E-state index in [1.165, 1.54) is 31.3 Å². The van der Waals surface area contributed by atoms with Gasteiger partial charge in [0, 0.05) is 0 Å². The molecule has 3 aliphatic carbocycles. The van der Waals surface area contributed by atoms with Gasteiger partial charge in [0.1, 0.15) is 0 Å². The van der Waals surface area contributed by atoms with Crippen molar-refractivity contribution >= 4 is 0 Å². The monoisotopic (exact) mass is 300 g/mol. The molecule has 2 fully saturated rings. The predicted molar refractivity (Wildman–Crippen MR) is 96.0 cm³/mol. The van der Waals surface area contributed by atoms with Crippen LogP contribution in [0.4, 0.5) is 0 Å². The fourth-order valence-corrected chi connectivity index (χ4v) is 6.28. The molecule has 0 aliphatic heterocycles. The van der Waals surface area contributed by atoms with Crippen molar-refractivity contribution in [3.8, 4) is 0 Å². The Balaban J connectivity index is 2.09. The number of hydrogen-bond acceptors (Lipinski definition) is 0. The van der Waals surface area contributed by atoms with Crippen molar-refractivity contribution in [2.75, 3.05) is 7.05 Å². The summed E-state index contributed by atoms with van der Waals surface area (Å²) < 4.78 is 0. The minimum Gasteiger partial charge on any atom is -0.659 e. The molecule has 3 aliphatic rings. The molecule has 0 aromatic carbocycles. The number of hydrogen-bond donors (Lipinski definition) is 0. The molecule has 0 unspecified atom stereocenters. The number of rotatable bonds is 2. The van der Waals surface area contributed by atoms with E-state index in [1.807, 2.05) is 0 Å². The van der Waals surface area contributed by atoms with Crippen LogP contribution >= 0.6 is 0 Å². The lowest BCUT2D eigenvalue weighted by Gasteiger charge is -2.68. The Labute approximate surface area is 137 Å². The zero-order valence-electron chi connectivity index (χ0n) is 15.4. The van der Waals surface area contributed by atoms with Crippen molar-refractivity contribution in [2.24, 2.45) is 35.5 Å². The van der Waals surface area contributed by atoms with Gasteiger partial charge in [0.15, 0.2) is 0 Å². The minimum absolute atomic E-state index is 0.218. The van der Waals surface area contributed by atoms with Crippen LogP contribution in [0.2, 0.25) is 0 Å². The lowest BCUT2D eigenvalue weighted by atomic mass is 9.46. The molecule has 22 heavy (non-hydrogen) atoms. The van der Waals surface area contributed by atoms with Gasteiger partial charge in [-0.1, -0.05) is 49.5 Å². The average molecular weight is 301 g/mol. The van der Waals surface area contributed by atoms with E-state index in [4.69, 9.17) is 5.32 Å². The molecule has 0 saturated heterocycles. The molecule has 124 valence electrons. The van der Waals surface area contributed by atoms with E-state index in [9.17, 15) is 0 Å². The zero-order chi connectivity index (χ0) is 16.1. The van der Waals surface area contributed by atoms with Gasteiger partial charge in [0.2, 0.25) is 0 Å². The Morgan fingerprint density at radius 2 is 2.00 bits per heavy atom. The maximum atomic E-state index is 5.08. The third kappa shape index (κ3) is 2.31. The lowest BCUT2D eigenvalue weighted by Crippen LogP contribution is -2.59. The summed E-state index contributed by atoms with van der Waals surface area (Å²) in [5, 5.41) is 5.08. The van der Waals surface area contributed by atoms with Crippen molar-refractivity contribution in [1.29, 1.82) is 0 Å². The third-order valence-corrected chi connectivity index (χ3v) is 7.29. The molecule has 0 aromatic heterocycles. The largest absolute Gasteiger partial charge is 0.659 e. The summed E-state index contributed by atoms with van der Waals surface area (Å²) in [6, 6.07) is 0. The summed E-state index contributed by atoms with van der Waals surface area (Å²) in [6.07, 6.45) is 10.5. The topological polar surface area (TPSA) is 14.1 Å². The predicted octanol–water partition coefficient (Wildman–Crippen LogP) is 5.98. The summed E-state index contributed by atoms with van der Waals surface area (Å²) in [7, 11) is 2.10. The molecule has 0 heterocycles. The van der Waals surface area contributed by atoms with Crippen LogP contribution in [-0.2, 0) is 0 Å². The van der Waals surface area contributed by atoms with E-state index in [0.29, 0.717) is 0 Å². The van der Waals surface area contributed by atoms with Gasteiger partial charge >= 0.3 is 0 Å². The summed E-state index contributed by atoms with van der Waals surface area (Å²) >= 11 is 0. The molecule has 0 radical (unpaired) electrons. The Kier molecular flexibility index (Phi) is 4.31. The van der Waals surface area contributed by atoms with E-state index < -0.39 is 0 Å². The molecule has 0 bridgehead atoms. The van der Waals surface area contributed by atoms with Gasteiger partial charge in [-0.25, -0.2) is 0 Å². The normalized spacial score (nSPS) is 47.5. The maximum absolute atomic E-state index is 5.08. The number of nitrogens with zero attached hydrogens (tertiary/aromatic N) is 1. The summed E-state index contributed by atoms with van der Waals surface area (Å²) in [5.41, 5.74) is 3.35. The first-order chi connectivity index (χ1) is 10.4. The van der Waals surface area contributed by atoms with Gasteiger partial charge in [-0.05, 0) is 69.6 Å². The second-order valence-electron chi connectivity index (χ2n) is 8.68. The van der Waals surface area contributed by atoms with Crippen molar-refractivity contribution in [2.45, 2.75) is 65.8 Å². The molecule has 1 nitrogen and oxygen atoms in total. The first-order valence-electron chi connectivity index (χ1n) is 9.33. The van der Waals surface area contributed by atoms with E-state index >= 15 is 0 Å². The van der Waals surface area contributed by atoms with Gasteiger partial charge < -0.3 is 5.32 Å². The van der Waals surface area contributed by atoms with Crippen LogP contribution in [-0.4, -0.2) is 12.6 Å². The Bertz CT molecular complexity index is 484. The summed E-state index contributed by atoms with van der Waals surface area (Å²) in [5.74, 6) is 4.70. The summed E-state index contributed by atoms with van der Waals surface area (Å²) in [4.78, 5) is 0.